The molecular weight excluding hydrogens is 366 g/mol. The van der Waals surface area contributed by atoms with Gasteiger partial charge >= 0.3 is 0 Å². The highest BCUT2D eigenvalue weighted by atomic mass is 16.1. The van der Waals surface area contributed by atoms with E-state index in [1.165, 1.54) is 4.68 Å². The zero-order valence-corrected chi connectivity index (χ0v) is 17.3. The standard InChI is InChI=1S/C21H27N7O/c1-5-6-11-27-18-17(25-20(27)26(4)14-21(2,3)23)12-24-28(19(18)29)13-15-9-7-8-10-16(15)22/h7-10,12H,11,13-14,22-23H2,1-4H3. The molecule has 0 aliphatic carbocycles. The molecule has 152 valence electrons. The molecule has 0 bridgehead atoms. The molecule has 0 amide bonds. The number of likely N-dealkylation sites (N-methyl/N-ethyl adjacent to an activating group) is 1. The smallest absolute Gasteiger partial charge is 0.293 e. The van der Waals surface area contributed by atoms with Crippen LogP contribution in [-0.2, 0) is 13.1 Å². The summed E-state index contributed by atoms with van der Waals surface area (Å²) in [5.41, 5.74) is 14.0. The van der Waals surface area contributed by atoms with Crippen molar-refractivity contribution in [3.8, 4) is 11.8 Å². The van der Waals surface area contributed by atoms with Gasteiger partial charge in [-0.05, 0) is 32.4 Å². The van der Waals surface area contributed by atoms with Gasteiger partial charge in [0.2, 0.25) is 5.95 Å². The molecule has 3 aromatic rings. The number of para-hydroxylation sites is 1. The van der Waals surface area contributed by atoms with Crippen molar-refractivity contribution in [3.63, 3.8) is 0 Å². The minimum Gasteiger partial charge on any atom is -0.398 e. The highest BCUT2D eigenvalue weighted by molar-refractivity contribution is 5.77. The van der Waals surface area contributed by atoms with Gasteiger partial charge in [0.25, 0.3) is 5.56 Å². The van der Waals surface area contributed by atoms with Crippen LogP contribution in [0.4, 0.5) is 11.6 Å². The molecule has 0 atom stereocenters. The Labute approximate surface area is 170 Å². The van der Waals surface area contributed by atoms with Crippen LogP contribution < -0.4 is 21.9 Å². The van der Waals surface area contributed by atoms with Gasteiger partial charge in [-0.3, -0.25) is 9.36 Å². The molecule has 3 rings (SSSR count). The van der Waals surface area contributed by atoms with Crippen LogP contribution in [0.2, 0.25) is 0 Å². The number of nitrogens with zero attached hydrogens (tertiary/aromatic N) is 5. The first-order valence-electron chi connectivity index (χ1n) is 9.40. The molecule has 29 heavy (non-hydrogen) atoms. The molecule has 8 heteroatoms. The number of anilines is 2. The van der Waals surface area contributed by atoms with Crippen molar-refractivity contribution < 1.29 is 0 Å². The Morgan fingerprint density at radius 1 is 1.28 bits per heavy atom. The Morgan fingerprint density at radius 2 is 2.00 bits per heavy atom. The molecular formula is C21H27N7O. The van der Waals surface area contributed by atoms with Crippen LogP contribution in [-0.4, -0.2) is 38.5 Å². The number of nitrogen functional groups attached to an aromatic ring is 1. The molecule has 0 unspecified atom stereocenters. The van der Waals surface area contributed by atoms with Crippen molar-refractivity contribution >= 4 is 22.7 Å². The normalized spacial score (nSPS) is 11.3. The molecule has 2 aromatic heterocycles. The number of hydrogen-bond acceptors (Lipinski definition) is 6. The second-order valence-electron chi connectivity index (χ2n) is 7.81. The summed E-state index contributed by atoms with van der Waals surface area (Å²) in [6.45, 7) is 6.86. The van der Waals surface area contributed by atoms with Gasteiger partial charge in [0.05, 0.1) is 19.3 Å². The van der Waals surface area contributed by atoms with E-state index in [-0.39, 0.29) is 12.1 Å². The minimum absolute atomic E-state index is 0.234. The highest BCUT2D eigenvalue weighted by Crippen LogP contribution is 2.20. The number of rotatable bonds is 6. The first-order valence-corrected chi connectivity index (χ1v) is 9.40. The molecule has 0 fully saturated rings. The Hall–Kier alpha value is -3.31. The minimum atomic E-state index is -0.419. The lowest BCUT2D eigenvalue weighted by Gasteiger charge is -2.27. The summed E-state index contributed by atoms with van der Waals surface area (Å²) < 4.78 is 3.23. The summed E-state index contributed by atoms with van der Waals surface area (Å²) in [7, 11) is 1.91. The predicted molar refractivity (Wildman–Crippen MR) is 117 cm³/mol. The number of benzene rings is 1. The van der Waals surface area contributed by atoms with Crippen molar-refractivity contribution in [2.24, 2.45) is 5.73 Å². The first-order chi connectivity index (χ1) is 13.7. The third-order valence-electron chi connectivity index (χ3n) is 4.51. The van der Waals surface area contributed by atoms with Crippen LogP contribution in [0.25, 0.3) is 11.0 Å². The van der Waals surface area contributed by atoms with Crippen LogP contribution >= 0.6 is 0 Å². The van der Waals surface area contributed by atoms with Gasteiger partial charge in [-0.15, -0.1) is 5.92 Å². The summed E-state index contributed by atoms with van der Waals surface area (Å²) in [6.07, 6.45) is 1.61. The molecule has 4 N–H and O–H groups in total. The van der Waals surface area contributed by atoms with Gasteiger partial charge < -0.3 is 16.4 Å². The van der Waals surface area contributed by atoms with E-state index < -0.39 is 5.54 Å². The number of nitrogens with two attached hydrogens (primary N) is 2. The molecule has 0 aliphatic heterocycles. The van der Waals surface area contributed by atoms with Gasteiger partial charge in [-0.25, -0.2) is 9.67 Å². The molecule has 8 nitrogen and oxygen atoms in total. The summed E-state index contributed by atoms with van der Waals surface area (Å²) in [4.78, 5) is 19.8. The number of aromatic nitrogens is 4. The molecule has 2 heterocycles. The Kier molecular flexibility index (Phi) is 5.62. The van der Waals surface area contributed by atoms with Crippen molar-refractivity contribution in [1.82, 2.24) is 19.3 Å². The van der Waals surface area contributed by atoms with Crippen molar-refractivity contribution in [2.75, 3.05) is 24.2 Å². The molecule has 0 saturated carbocycles. The molecule has 0 aliphatic rings. The summed E-state index contributed by atoms with van der Waals surface area (Å²) >= 11 is 0. The Balaban J connectivity index is 2.13. The van der Waals surface area contributed by atoms with Gasteiger partial charge in [-0.1, -0.05) is 24.1 Å². The predicted octanol–water partition coefficient (Wildman–Crippen LogP) is 1.42. The maximum absolute atomic E-state index is 13.3. The van der Waals surface area contributed by atoms with Gasteiger partial charge in [0.1, 0.15) is 11.0 Å². The third-order valence-corrected chi connectivity index (χ3v) is 4.51. The SMILES string of the molecule is CC#CCn1c(N(C)CC(C)(C)N)nc2cnn(Cc3ccccc3N)c(=O)c21. The maximum atomic E-state index is 13.3. The van der Waals surface area contributed by atoms with Crippen LogP contribution in [0.1, 0.15) is 26.3 Å². The van der Waals surface area contributed by atoms with Crippen LogP contribution in [0, 0.1) is 11.8 Å². The van der Waals surface area contributed by atoms with E-state index in [4.69, 9.17) is 11.5 Å². The van der Waals surface area contributed by atoms with E-state index in [0.717, 1.165) is 5.56 Å². The van der Waals surface area contributed by atoms with E-state index in [1.54, 1.807) is 13.1 Å². The first kappa shape index (κ1) is 20.4. The zero-order chi connectivity index (χ0) is 21.2. The lowest BCUT2D eigenvalue weighted by Crippen LogP contribution is -2.44. The van der Waals surface area contributed by atoms with E-state index in [1.807, 2.05) is 54.6 Å². The molecule has 0 radical (unpaired) electrons. The largest absolute Gasteiger partial charge is 0.398 e. The lowest BCUT2D eigenvalue weighted by atomic mass is 10.1. The van der Waals surface area contributed by atoms with Crippen molar-refractivity contribution in [3.05, 3.63) is 46.4 Å². The Bertz CT molecular complexity index is 1140. The number of imidazole rings is 1. The van der Waals surface area contributed by atoms with Gasteiger partial charge in [0, 0.05) is 24.8 Å². The fraction of sp³-hybridized carbons (Fsp3) is 0.381. The summed E-state index contributed by atoms with van der Waals surface area (Å²) in [5, 5.41) is 4.30. The topological polar surface area (TPSA) is 108 Å². The van der Waals surface area contributed by atoms with Crippen LogP contribution in [0.15, 0.2) is 35.3 Å². The maximum Gasteiger partial charge on any atom is 0.293 e. The van der Waals surface area contributed by atoms with E-state index >= 15 is 0 Å². The van der Waals surface area contributed by atoms with Gasteiger partial charge in [0.15, 0.2) is 0 Å². The third kappa shape index (κ3) is 4.41. The zero-order valence-electron chi connectivity index (χ0n) is 17.3. The van der Waals surface area contributed by atoms with Gasteiger partial charge in [-0.2, -0.15) is 5.10 Å². The quantitative estimate of drug-likeness (QED) is 0.484. The van der Waals surface area contributed by atoms with E-state index in [2.05, 4.69) is 21.9 Å². The molecule has 0 spiro atoms. The second-order valence-corrected chi connectivity index (χ2v) is 7.81. The Morgan fingerprint density at radius 3 is 2.66 bits per heavy atom. The average molecular weight is 393 g/mol. The number of hydrogen-bond donors (Lipinski definition) is 2. The van der Waals surface area contributed by atoms with E-state index in [0.29, 0.717) is 35.8 Å². The fourth-order valence-electron chi connectivity index (χ4n) is 3.31. The average Bonchev–Trinajstić information content (AvgIpc) is 3.02. The molecule has 0 saturated heterocycles. The molecule has 1 aromatic carbocycles. The summed E-state index contributed by atoms with van der Waals surface area (Å²) in [6, 6.07) is 7.44. The lowest BCUT2D eigenvalue weighted by molar-refractivity contribution is 0.512. The van der Waals surface area contributed by atoms with Crippen LogP contribution in [0.3, 0.4) is 0 Å². The summed E-state index contributed by atoms with van der Waals surface area (Å²) in [5.74, 6) is 6.55. The van der Waals surface area contributed by atoms with Crippen LogP contribution in [0.5, 0.6) is 0 Å². The van der Waals surface area contributed by atoms with Crippen molar-refractivity contribution in [2.45, 2.75) is 39.4 Å². The monoisotopic (exact) mass is 393 g/mol. The van der Waals surface area contributed by atoms with Crippen molar-refractivity contribution in [1.29, 1.82) is 0 Å². The number of fused-ring (bicyclic) bond motifs is 1. The highest BCUT2D eigenvalue weighted by Gasteiger charge is 2.22. The fourth-order valence-corrected chi connectivity index (χ4v) is 3.31. The second kappa shape index (κ2) is 7.97. The van der Waals surface area contributed by atoms with E-state index in [9.17, 15) is 4.79 Å².